The average Bonchev–Trinajstić information content (AvgIpc) is 3.31. The lowest BCUT2D eigenvalue weighted by Gasteiger charge is -2.23. The highest BCUT2D eigenvalue weighted by atomic mass is 32.2. The molecule has 3 aromatic rings. The van der Waals surface area contributed by atoms with Crippen molar-refractivity contribution in [3.63, 3.8) is 0 Å². The Labute approximate surface area is 214 Å². The number of nitrogens with one attached hydrogen (secondary N) is 1. The molecule has 0 fully saturated rings. The molecule has 37 heavy (non-hydrogen) atoms. The highest BCUT2D eigenvalue weighted by molar-refractivity contribution is 8.14. The third kappa shape index (κ3) is 5.93. The molecule has 0 aliphatic carbocycles. The molecule has 1 aliphatic heterocycles. The molecule has 0 radical (unpaired) electrons. The van der Waals surface area contributed by atoms with Gasteiger partial charge in [-0.15, -0.1) is 0 Å². The van der Waals surface area contributed by atoms with Gasteiger partial charge < -0.3 is 10.1 Å². The molecule has 11 heteroatoms. The summed E-state index contributed by atoms with van der Waals surface area (Å²) in [4.78, 5) is 25.4. The molecule has 1 N–H and O–H groups in total. The molecule has 4 rings (SSSR count). The Morgan fingerprint density at radius 3 is 2.35 bits per heavy atom. The summed E-state index contributed by atoms with van der Waals surface area (Å²) in [6, 6.07) is 12.7. The smallest absolute Gasteiger partial charge is 0.281 e. The van der Waals surface area contributed by atoms with Crippen LogP contribution in [0.4, 0.5) is 17.6 Å². The molecule has 2 amide bonds. The molecule has 192 valence electrons. The minimum absolute atomic E-state index is 0.250. The second-order valence-electron chi connectivity index (χ2n) is 7.95. The van der Waals surface area contributed by atoms with Gasteiger partial charge in [0.25, 0.3) is 11.8 Å². The number of amides is 2. The topological polar surface area (TPSA) is 71.0 Å². The Morgan fingerprint density at radius 2 is 1.68 bits per heavy atom. The Balaban J connectivity index is 1.71. The zero-order chi connectivity index (χ0) is 26.5. The van der Waals surface area contributed by atoms with E-state index < -0.39 is 40.1 Å². The Kier molecular flexibility index (Phi) is 8.12. The molecule has 6 nitrogen and oxygen atoms in total. The normalized spacial score (nSPS) is 14.9. The van der Waals surface area contributed by atoms with E-state index in [0.717, 1.165) is 23.2 Å². The van der Waals surface area contributed by atoms with Crippen molar-refractivity contribution in [1.29, 1.82) is 0 Å². The number of para-hydroxylation sites is 1. The lowest BCUT2D eigenvalue weighted by molar-refractivity contribution is -0.123. The van der Waals surface area contributed by atoms with Crippen molar-refractivity contribution in [1.82, 2.24) is 10.3 Å². The van der Waals surface area contributed by atoms with Crippen LogP contribution in [0.5, 0.6) is 5.75 Å². The number of carbonyl (C=O) groups excluding carboxylic acids is 2. The first kappa shape index (κ1) is 26.2. The minimum Gasteiger partial charge on any atom is -0.483 e. The molecule has 1 heterocycles. The van der Waals surface area contributed by atoms with Crippen molar-refractivity contribution in [3.05, 3.63) is 101 Å². The van der Waals surface area contributed by atoms with Gasteiger partial charge in [-0.1, -0.05) is 36.9 Å². The van der Waals surface area contributed by atoms with Crippen LogP contribution in [0.25, 0.3) is 0 Å². The number of benzene rings is 3. The third-order valence-corrected chi connectivity index (χ3v) is 6.50. The summed E-state index contributed by atoms with van der Waals surface area (Å²) in [5.41, 5.74) is -0.120. The van der Waals surface area contributed by atoms with Gasteiger partial charge in [0.1, 0.15) is 45.0 Å². The molecule has 1 atom stereocenters. The van der Waals surface area contributed by atoms with E-state index in [1.54, 1.807) is 24.3 Å². The Hall–Kier alpha value is -3.86. The minimum atomic E-state index is -1.38. The van der Waals surface area contributed by atoms with Gasteiger partial charge in [-0.05, 0) is 36.8 Å². The van der Waals surface area contributed by atoms with Gasteiger partial charge in [-0.2, -0.15) is 5.10 Å². The van der Waals surface area contributed by atoms with Crippen molar-refractivity contribution in [2.24, 2.45) is 5.10 Å². The fourth-order valence-electron chi connectivity index (χ4n) is 3.53. The molecule has 1 unspecified atom stereocenters. The van der Waals surface area contributed by atoms with E-state index in [1.807, 2.05) is 6.92 Å². The molecule has 0 saturated carbocycles. The molecule has 0 bridgehead atoms. The highest BCUT2D eigenvalue weighted by Gasteiger charge is 2.38. The first-order valence-corrected chi connectivity index (χ1v) is 12.1. The van der Waals surface area contributed by atoms with E-state index in [1.165, 1.54) is 24.3 Å². The largest absolute Gasteiger partial charge is 0.483 e. The number of carbonyl (C=O) groups is 2. The van der Waals surface area contributed by atoms with Crippen molar-refractivity contribution in [2.75, 3.05) is 13.2 Å². The summed E-state index contributed by atoms with van der Waals surface area (Å²) in [6.45, 7) is 2.09. The maximum Gasteiger partial charge on any atom is 0.281 e. The van der Waals surface area contributed by atoms with Gasteiger partial charge in [0.2, 0.25) is 0 Å². The molecule has 0 saturated heterocycles. The van der Waals surface area contributed by atoms with Crippen LogP contribution in [0, 0.1) is 23.3 Å². The van der Waals surface area contributed by atoms with Crippen LogP contribution in [0.2, 0.25) is 0 Å². The summed E-state index contributed by atoms with van der Waals surface area (Å²) < 4.78 is 61.7. The summed E-state index contributed by atoms with van der Waals surface area (Å²) in [5.74, 6) is -5.66. The number of thioether (sulfide) groups is 1. The van der Waals surface area contributed by atoms with Gasteiger partial charge in [0.15, 0.2) is 6.61 Å². The summed E-state index contributed by atoms with van der Waals surface area (Å²) in [6.07, 6.45) is 0.748. The first-order valence-electron chi connectivity index (χ1n) is 11.3. The summed E-state index contributed by atoms with van der Waals surface area (Å²) in [5, 5.41) is 7.14. The number of hydrazone groups is 1. The zero-order valence-corrected chi connectivity index (χ0v) is 20.3. The van der Waals surface area contributed by atoms with E-state index in [2.05, 4.69) is 10.4 Å². The van der Waals surface area contributed by atoms with Crippen LogP contribution in [0.15, 0.2) is 65.8 Å². The first-order chi connectivity index (χ1) is 17.8. The Morgan fingerprint density at radius 1 is 1.00 bits per heavy atom. The van der Waals surface area contributed by atoms with E-state index in [9.17, 15) is 27.2 Å². The van der Waals surface area contributed by atoms with E-state index in [0.29, 0.717) is 29.8 Å². The van der Waals surface area contributed by atoms with Gasteiger partial charge >= 0.3 is 0 Å². The van der Waals surface area contributed by atoms with Crippen LogP contribution in [0.3, 0.4) is 0 Å². The molecular formula is C26H21F4N3O3S. The van der Waals surface area contributed by atoms with Crippen LogP contribution >= 0.6 is 11.8 Å². The number of nitrogens with zero attached hydrogens (tertiary/aromatic N) is 2. The second kappa shape index (κ2) is 11.5. The van der Waals surface area contributed by atoms with Crippen molar-refractivity contribution >= 4 is 28.6 Å². The monoisotopic (exact) mass is 531 g/mol. The van der Waals surface area contributed by atoms with E-state index >= 15 is 0 Å². The van der Waals surface area contributed by atoms with Gasteiger partial charge in [0, 0.05) is 29.8 Å². The fraction of sp³-hybridized carbons (Fsp3) is 0.192. The van der Waals surface area contributed by atoms with Gasteiger partial charge in [-0.25, -0.2) is 22.6 Å². The summed E-state index contributed by atoms with van der Waals surface area (Å²) >= 11 is 1.06. The SMILES string of the molecule is CCCNC(=O)COc1ccccc1C1SC(c2ccc(F)cc2)=NN1C(=O)c1c(F)cc(F)cc1F. The van der Waals surface area contributed by atoms with Crippen molar-refractivity contribution < 1.29 is 31.9 Å². The van der Waals surface area contributed by atoms with Crippen LogP contribution in [-0.4, -0.2) is 35.0 Å². The van der Waals surface area contributed by atoms with Crippen LogP contribution in [0.1, 0.15) is 40.2 Å². The fourth-order valence-corrected chi connectivity index (χ4v) is 4.71. The standard InChI is InChI=1S/C26H21F4N3O3S/c1-2-11-31-22(34)14-36-21-6-4-3-5-18(21)26-33(25(35)23-19(29)12-17(28)13-20(23)30)32-24(37-26)15-7-9-16(27)10-8-15/h3-10,12-13,26H,2,11,14H2,1H3,(H,31,34). The maximum atomic E-state index is 14.5. The molecule has 1 aliphatic rings. The molecule has 3 aromatic carbocycles. The predicted molar refractivity (Wildman–Crippen MR) is 131 cm³/mol. The molecular weight excluding hydrogens is 510 g/mol. The lowest BCUT2D eigenvalue weighted by atomic mass is 10.1. The van der Waals surface area contributed by atoms with Crippen LogP contribution in [-0.2, 0) is 4.79 Å². The zero-order valence-electron chi connectivity index (χ0n) is 19.5. The number of rotatable bonds is 8. The number of halogens is 4. The summed E-state index contributed by atoms with van der Waals surface area (Å²) in [7, 11) is 0. The Bertz CT molecular complexity index is 1330. The lowest BCUT2D eigenvalue weighted by Crippen LogP contribution is -2.30. The third-order valence-electron chi connectivity index (χ3n) is 5.28. The van der Waals surface area contributed by atoms with Gasteiger partial charge in [-0.3, -0.25) is 9.59 Å². The van der Waals surface area contributed by atoms with E-state index in [4.69, 9.17) is 4.74 Å². The molecule has 0 spiro atoms. The van der Waals surface area contributed by atoms with Crippen molar-refractivity contribution in [3.8, 4) is 5.75 Å². The highest BCUT2D eigenvalue weighted by Crippen LogP contribution is 2.45. The molecule has 0 aromatic heterocycles. The van der Waals surface area contributed by atoms with E-state index in [-0.39, 0.29) is 23.3 Å². The second-order valence-corrected chi connectivity index (χ2v) is 9.02. The quantitative estimate of drug-likeness (QED) is 0.396. The average molecular weight is 532 g/mol. The van der Waals surface area contributed by atoms with Gasteiger partial charge in [0.05, 0.1) is 0 Å². The number of hydrogen-bond acceptors (Lipinski definition) is 5. The number of ether oxygens (including phenoxy) is 1. The maximum absolute atomic E-state index is 14.5. The predicted octanol–water partition coefficient (Wildman–Crippen LogP) is 5.40. The van der Waals surface area contributed by atoms with Crippen LogP contribution < -0.4 is 10.1 Å². The number of hydrogen-bond donors (Lipinski definition) is 1. The van der Waals surface area contributed by atoms with Crippen molar-refractivity contribution in [2.45, 2.75) is 18.7 Å².